The Bertz CT molecular complexity index is 779. The minimum atomic E-state index is -1.60. The SMILES string of the molecule is Cc1ccc(NC(N)=NCC(C)(O)c2ccc(F)cc2F)cc1C.I. The van der Waals surface area contributed by atoms with E-state index in [-0.39, 0.29) is 42.0 Å². The molecule has 0 aromatic heterocycles. The predicted molar refractivity (Wildman–Crippen MR) is 107 cm³/mol. The zero-order chi connectivity index (χ0) is 17.9. The van der Waals surface area contributed by atoms with Crippen LogP contribution in [0.3, 0.4) is 0 Å². The van der Waals surface area contributed by atoms with E-state index >= 15 is 0 Å². The number of aliphatic hydroxyl groups is 1. The van der Waals surface area contributed by atoms with E-state index in [2.05, 4.69) is 10.3 Å². The lowest BCUT2D eigenvalue weighted by Gasteiger charge is -2.22. The van der Waals surface area contributed by atoms with Crippen LogP contribution < -0.4 is 11.1 Å². The summed E-state index contributed by atoms with van der Waals surface area (Å²) in [5, 5.41) is 13.3. The van der Waals surface area contributed by atoms with Crippen molar-refractivity contribution in [2.75, 3.05) is 11.9 Å². The predicted octanol–water partition coefficient (Wildman–Crippen LogP) is 3.83. The van der Waals surface area contributed by atoms with Gasteiger partial charge >= 0.3 is 0 Å². The Kier molecular flexibility index (Phi) is 7.30. The summed E-state index contributed by atoms with van der Waals surface area (Å²) in [4.78, 5) is 4.06. The third-order valence-corrected chi connectivity index (χ3v) is 3.85. The maximum absolute atomic E-state index is 13.8. The lowest BCUT2D eigenvalue weighted by atomic mass is 9.95. The van der Waals surface area contributed by atoms with Crippen LogP contribution in [-0.2, 0) is 5.60 Å². The van der Waals surface area contributed by atoms with Crippen molar-refractivity contribution in [1.82, 2.24) is 0 Å². The standard InChI is InChI=1S/C18H21F2N3O.HI/c1-11-4-6-14(8-12(11)2)23-17(21)22-10-18(3,24)15-7-5-13(19)9-16(15)20;/h4-9,24H,10H2,1-3H3,(H3,21,22,23);1H. The van der Waals surface area contributed by atoms with Crippen molar-refractivity contribution in [3.63, 3.8) is 0 Å². The Morgan fingerprint density at radius 1 is 1.16 bits per heavy atom. The summed E-state index contributed by atoms with van der Waals surface area (Å²) in [6, 6.07) is 8.76. The molecule has 0 aliphatic carbocycles. The Hall–Kier alpha value is -1.74. The van der Waals surface area contributed by atoms with Crippen LogP contribution in [0.25, 0.3) is 0 Å². The summed E-state index contributed by atoms with van der Waals surface area (Å²) < 4.78 is 26.8. The van der Waals surface area contributed by atoms with E-state index in [0.717, 1.165) is 28.9 Å². The summed E-state index contributed by atoms with van der Waals surface area (Å²) in [5.74, 6) is -1.43. The number of nitrogens with zero attached hydrogens (tertiary/aromatic N) is 1. The minimum Gasteiger partial charge on any atom is -0.383 e. The molecule has 0 spiro atoms. The summed E-state index contributed by atoms with van der Waals surface area (Å²) in [5.41, 5.74) is 7.21. The molecule has 1 atom stereocenters. The van der Waals surface area contributed by atoms with E-state index in [0.29, 0.717) is 0 Å². The van der Waals surface area contributed by atoms with Crippen molar-refractivity contribution < 1.29 is 13.9 Å². The fourth-order valence-electron chi connectivity index (χ4n) is 2.26. The molecule has 0 fully saturated rings. The average Bonchev–Trinajstić information content (AvgIpc) is 2.49. The van der Waals surface area contributed by atoms with Crippen LogP contribution in [-0.4, -0.2) is 17.6 Å². The van der Waals surface area contributed by atoms with Gasteiger partial charge in [0.2, 0.25) is 0 Å². The van der Waals surface area contributed by atoms with E-state index in [4.69, 9.17) is 5.73 Å². The minimum absolute atomic E-state index is 0. The van der Waals surface area contributed by atoms with E-state index < -0.39 is 17.2 Å². The van der Waals surface area contributed by atoms with Crippen molar-refractivity contribution in [3.8, 4) is 0 Å². The Balaban J connectivity index is 0.00000312. The lowest BCUT2D eigenvalue weighted by Crippen LogP contribution is -2.30. The Labute approximate surface area is 163 Å². The fraction of sp³-hybridized carbons (Fsp3) is 0.278. The van der Waals surface area contributed by atoms with Gasteiger partial charge in [0.15, 0.2) is 5.96 Å². The van der Waals surface area contributed by atoms with Crippen molar-refractivity contribution >= 4 is 35.6 Å². The molecule has 0 heterocycles. The molecule has 0 bridgehead atoms. The molecule has 0 aliphatic heterocycles. The topological polar surface area (TPSA) is 70.6 Å². The van der Waals surface area contributed by atoms with Crippen LogP contribution in [0.1, 0.15) is 23.6 Å². The number of nitrogens with two attached hydrogens (primary N) is 1. The smallest absolute Gasteiger partial charge is 0.193 e. The molecule has 0 saturated heterocycles. The zero-order valence-corrected chi connectivity index (χ0v) is 16.6. The number of halogens is 3. The second-order valence-electron chi connectivity index (χ2n) is 6.02. The molecule has 0 radical (unpaired) electrons. The largest absolute Gasteiger partial charge is 0.383 e. The van der Waals surface area contributed by atoms with Crippen LogP contribution in [0.15, 0.2) is 41.4 Å². The normalized spacial score (nSPS) is 13.8. The van der Waals surface area contributed by atoms with Gasteiger partial charge in [0.25, 0.3) is 0 Å². The zero-order valence-electron chi connectivity index (χ0n) is 14.3. The van der Waals surface area contributed by atoms with Gasteiger partial charge in [-0.25, -0.2) is 13.8 Å². The van der Waals surface area contributed by atoms with Gasteiger partial charge in [-0.1, -0.05) is 12.1 Å². The van der Waals surface area contributed by atoms with E-state index in [1.54, 1.807) is 0 Å². The van der Waals surface area contributed by atoms with Gasteiger partial charge in [-0.05, 0) is 50.1 Å². The highest BCUT2D eigenvalue weighted by atomic mass is 127. The molecule has 0 amide bonds. The maximum atomic E-state index is 13.8. The molecule has 1 unspecified atom stereocenters. The molecule has 0 aliphatic rings. The van der Waals surface area contributed by atoms with Gasteiger partial charge in [0.1, 0.15) is 17.2 Å². The molecule has 7 heteroatoms. The first-order chi connectivity index (χ1) is 11.2. The first-order valence-corrected chi connectivity index (χ1v) is 7.51. The van der Waals surface area contributed by atoms with E-state index in [1.165, 1.54) is 13.0 Å². The number of hydrogen-bond acceptors (Lipinski definition) is 2. The van der Waals surface area contributed by atoms with E-state index in [1.807, 2.05) is 32.0 Å². The van der Waals surface area contributed by atoms with Crippen molar-refractivity contribution in [2.45, 2.75) is 26.4 Å². The van der Waals surface area contributed by atoms with Gasteiger partial charge in [-0.3, -0.25) is 0 Å². The van der Waals surface area contributed by atoms with Gasteiger partial charge in [-0.2, -0.15) is 0 Å². The summed E-state index contributed by atoms with van der Waals surface area (Å²) >= 11 is 0. The number of anilines is 1. The van der Waals surface area contributed by atoms with Gasteiger partial charge < -0.3 is 16.2 Å². The molecule has 25 heavy (non-hydrogen) atoms. The second kappa shape index (κ2) is 8.57. The van der Waals surface area contributed by atoms with E-state index in [9.17, 15) is 13.9 Å². The molecular weight excluding hydrogens is 439 g/mol. The molecule has 4 N–H and O–H groups in total. The lowest BCUT2D eigenvalue weighted by molar-refractivity contribution is 0.0634. The van der Waals surface area contributed by atoms with Crippen molar-refractivity contribution in [2.24, 2.45) is 10.7 Å². The molecule has 2 aromatic rings. The molecule has 2 aromatic carbocycles. The van der Waals surface area contributed by atoms with Crippen LogP contribution >= 0.6 is 24.0 Å². The quantitative estimate of drug-likeness (QED) is 0.368. The average molecular weight is 461 g/mol. The number of hydrogen-bond donors (Lipinski definition) is 3. The van der Waals surface area contributed by atoms with Crippen molar-refractivity contribution in [1.29, 1.82) is 0 Å². The monoisotopic (exact) mass is 461 g/mol. The summed E-state index contributed by atoms with van der Waals surface area (Å²) in [6.45, 7) is 5.22. The summed E-state index contributed by atoms with van der Waals surface area (Å²) in [6.07, 6.45) is 0. The third-order valence-electron chi connectivity index (χ3n) is 3.85. The highest BCUT2D eigenvalue weighted by molar-refractivity contribution is 14.0. The Morgan fingerprint density at radius 3 is 2.44 bits per heavy atom. The van der Waals surface area contributed by atoms with Gasteiger partial charge in [0.05, 0.1) is 6.54 Å². The summed E-state index contributed by atoms with van der Waals surface area (Å²) in [7, 11) is 0. The molecule has 136 valence electrons. The highest BCUT2D eigenvalue weighted by Crippen LogP contribution is 2.24. The van der Waals surface area contributed by atoms with Crippen LogP contribution in [0.4, 0.5) is 14.5 Å². The number of nitrogens with one attached hydrogen (secondary N) is 1. The second-order valence-corrected chi connectivity index (χ2v) is 6.02. The maximum Gasteiger partial charge on any atom is 0.193 e. The van der Waals surface area contributed by atoms with Crippen LogP contribution in [0, 0.1) is 25.5 Å². The third kappa shape index (κ3) is 5.64. The number of aliphatic imine (C=N–C) groups is 1. The van der Waals surface area contributed by atoms with Crippen LogP contribution in [0.5, 0.6) is 0 Å². The Morgan fingerprint density at radius 2 is 1.84 bits per heavy atom. The van der Waals surface area contributed by atoms with Crippen LogP contribution in [0.2, 0.25) is 0 Å². The van der Waals surface area contributed by atoms with Crippen molar-refractivity contribution in [3.05, 3.63) is 64.7 Å². The first-order valence-electron chi connectivity index (χ1n) is 7.51. The molecule has 4 nitrogen and oxygen atoms in total. The van der Waals surface area contributed by atoms with Gasteiger partial charge in [-0.15, -0.1) is 24.0 Å². The number of benzene rings is 2. The first kappa shape index (κ1) is 21.3. The molecular formula is C18H22F2IN3O. The number of rotatable bonds is 4. The molecule has 2 rings (SSSR count). The number of aryl methyl sites for hydroxylation is 2. The molecule has 0 saturated carbocycles. The highest BCUT2D eigenvalue weighted by Gasteiger charge is 2.26. The van der Waals surface area contributed by atoms with Gasteiger partial charge in [0, 0.05) is 17.3 Å². The fourth-order valence-corrected chi connectivity index (χ4v) is 2.26. The number of guanidine groups is 1.